The molecule has 3 nitrogen and oxygen atoms in total. The summed E-state index contributed by atoms with van der Waals surface area (Å²) in [5.74, 6) is 1.06. The fraction of sp³-hybridized carbons (Fsp3) is 0.562. The van der Waals surface area contributed by atoms with E-state index in [0.29, 0.717) is 11.7 Å². The van der Waals surface area contributed by atoms with Gasteiger partial charge in [-0.1, -0.05) is 32.9 Å². The number of phenols is 1. The summed E-state index contributed by atoms with van der Waals surface area (Å²) in [6, 6.07) is 7.45. The number of nitrogens with zero attached hydrogens (tertiary/aromatic N) is 1. The Hall–Kier alpha value is -1.51. The quantitative estimate of drug-likeness (QED) is 0.843. The topological polar surface area (TPSA) is 40.5 Å². The van der Waals surface area contributed by atoms with Crippen LogP contribution in [0.1, 0.15) is 45.1 Å². The minimum absolute atomic E-state index is 0.247. The molecule has 0 bridgehead atoms. The molecule has 0 saturated carbocycles. The largest absolute Gasteiger partial charge is 0.508 e. The molecule has 1 aromatic carbocycles. The number of carbonyl (C=O) groups excluding carboxylic acids is 1. The lowest BCUT2D eigenvalue weighted by atomic mass is 9.87. The Kier molecular flexibility index (Phi) is 3.83. The highest BCUT2D eigenvalue weighted by Gasteiger charge is 2.30. The van der Waals surface area contributed by atoms with Crippen molar-refractivity contribution in [3.05, 3.63) is 29.8 Å². The van der Waals surface area contributed by atoms with Gasteiger partial charge in [0.2, 0.25) is 5.91 Å². The summed E-state index contributed by atoms with van der Waals surface area (Å²) in [4.78, 5) is 14.2. The Bertz CT molecular complexity index is 437. The molecule has 1 aromatic rings. The molecule has 0 unspecified atom stereocenters. The summed E-state index contributed by atoms with van der Waals surface area (Å²) in [6.45, 7) is 7.59. The molecule has 1 heterocycles. The zero-order valence-corrected chi connectivity index (χ0v) is 12.0. The molecule has 1 aliphatic rings. The number of rotatable bonds is 1. The molecule has 1 aliphatic heterocycles. The molecule has 1 amide bonds. The number of carbonyl (C=O) groups is 1. The van der Waals surface area contributed by atoms with Gasteiger partial charge in [-0.05, 0) is 36.5 Å². The van der Waals surface area contributed by atoms with Crippen molar-refractivity contribution in [2.24, 2.45) is 5.41 Å². The van der Waals surface area contributed by atoms with E-state index < -0.39 is 0 Å². The highest BCUT2D eigenvalue weighted by Crippen LogP contribution is 2.30. The van der Waals surface area contributed by atoms with E-state index in [2.05, 4.69) is 0 Å². The second-order valence-electron chi connectivity index (χ2n) is 6.41. The molecule has 1 saturated heterocycles. The van der Waals surface area contributed by atoms with E-state index in [4.69, 9.17) is 0 Å². The second kappa shape index (κ2) is 5.24. The molecule has 0 atom stereocenters. The zero-order chi connectivity index (χ0) is 14.0. The lowest BCUT2D eigenvalue weighted by Gasteiger charge is -2.36. The van der Waals surface area contributed by atoms with Crippen LogP contribution < -0.4 is 0 Å². The summed E-state index contributed by atoms with van der Waals surface area (Å²) >= 11 is 0. The molecule has 0 aliphatic carbocycles. The van der Waals surface area contributed by atoms with Crippen molar-refractivity contribution in [1.29, 1.82) is 0 Å². The number of hydrogen-bond donors (Lipinski definition) is 1. The number of likely N-dealkylation sites (tertiary alicyclic amines) is 1. The first-order chi connectivity index (χ1) is 8.88. The molecule has 1 fully saturated rings. The predicted molar refractivity (Wildman–Crippen MR) is 76.1 cm³/mol. The van der Waals surface area contributed by atoms with Gasteiger partial charge in [0.05, 0.1) is 0 Å². The molecule has 3 heteroatoms. The molecule has 2 rings (SSSR count). The van der Waals surface area contributed by atoms with Gasteiger partial charge in [-0.2, -0.15) is 0 Å². The predicted octanol–water partition coefficient (Wildman–Crippen LogP) is 3.14. The molecule has 0 radical (unpaired) electrons. The Morgan fingerprint density at radius 3 is 2.16 bits per heavy atom. The fourth-order valence-corrected chi connectivity index (χ4v) is 2.64. The van der Waals surface area contributed by atoms with Crippen LogP contribution in [0, 0.1) is 5.41 Å². The summed E-state index contributed by atoms with van der Waals surface area (Å²) in [6.07, 6.45) is 2.01. The van der Waals surface area contributed by atoms with E-state index in [1.165, 1.54) is 5.56 Å². The van der Waals surface area contributed by atoms with Crippen molar-refractivity contribution >= 4 is 5.91 Å². The number of hydrogen-bond acceptors (Lipinski definition) is 2. The fourth-order valence-electron chi connectivity index (χ4n) is 2.64. The molecule has 104 valence electrons. The number of amides is 1. The van der Waals surface area contributed by atoms with E-state index in [9.17, 15) is 9.90 Å². The lowest BCUT2D eigenvalue weighted by molar-refractivity contribution is -0.140. The number of aromatic hydroxyl groups is 1. The standard InChI is InChI=1S/C16H23NO2/c1-16(2,3)15(19)17-10-8-13(9-11-17)12-4-6-14(18)7-5-12/h4-7,13,18H,8-11H2,1-3H3. The Labute approximate surface area is 115 Å². The molecular formula is C16H23NO2. The van der Waals surface area contributed by atoms with Gasteiger partial charge in [0, 0.05) is 18.5 Å². The molecule has 0 spiro atoms. The van der Waals surface area contributed by atoms with Crippen LogP contribution in [0.15, 0.2) is 24.3 Å². The van der Waals surface area contributed by atoms with Crippen LogP contribution in [0.5, 0.6) is 5.75 Å². The van der Waals surface area contributed by atoms with Crippen molar-refractivity contribution in [1.82, 2.24) is 4.90 Å². The second-order valence-corrected chi connectivity index (χ2v) is 6.41. The maximum absolute atomic E-state index is 12.2. The van der Waals surface area contributed by atoms with Crippen LogP contribution in [-0.2, 0) is 4.79 Å². The summed E-state index contributed by atoms with van der Waals surface area (Å²) in [5, 5.41) is 9.31. The van der Waals surface area contributed by atoms with Gasteiger partial charge >= 0.3 is 0 Å². The van der Waals surface area contributed by atoms with Gasteiger partial charge in [-0.3, -0.25) is 4.79 Å². The first-order valence-electron chi connectivity index (χ1n) is 6.96. The normalized spacial score (nSPS) is 17.5. The third-order valence-corrected chi connectivity index (χ3v) is 3.79. The van der Waals surface area contributed by atoms with Crippen LogP contribution in [0.3, 0.4) is 0 Å². The van der Waals surface area contributed by atoms with Gasteiger partial charge in [-0.15, -0.1) is 0 Å². The van der Waals surface area contributed by atoms with E-state index in [1.54, 1.807) is 12.1 Å². The van der Waals surface area contributed by atoms with E-state index in [1.807, 2.05) is 37.8 Å². The van der Waals surface area contributed by atoms with Gasteiger partial charge < -0.3 is 10.0 Å². The van der Waals surface area contributed by atoms with E-state index >= 15 is 0 Å². The first-order valence-corrected chi connectivity index (χ1v) is 6.96. The average molecular weight is 261 g/mol. The van der Waals surface area contributed by atoms with Crippen LogP contribution in [0.25, 0.3) is 0 Å². The van der Waals surface area contributed by atoms with Gasteiger partial charge in [0.1, 0.15) is 5.75 Å². The molecule has 1 N–H and O–H groups in total. The first kappa shape index (κ1) is 13.9. The van der Waals surface area contributed by atoms with Crippen molar-refractivity contribution in [3.8, 4) is 5.75 Å². The number of piperidine rings is 1. The molecule has 19 heavy (non-hydrogen) atoms. The minimum Gasteiger partial charge on any atom is -0.508 e. The van der Waals surface area contributed by atoms with Gasteiger partial charge in [-0.25, -0.2) is 0 Å². The van der Waals surface area contributed by atoms with Crippen LogP contribution >= 0.6 is 0 Å². The Morgan fingerprint density at radius 2 is 1.68 bits per heavy atom. The Morgan fingerprint density at radius 1 is 1.16 bits per heavy atom. The van der Waals surface area contributed by atoms with Crippen LogP contribution in [0.2, 0.25) is 0 Å². The summed E-state index contributed by atoms with van der Waals surface area (Å²) in [7, 11) is 0. The van der Waals surface area contributed by atoms with Crippen molar-refractivity contribution in [2.75, 3.05) is 13.1 Å². The van der Waals surface area contributed by atoms with Gasteiger partial charge in [0.25, 0.3) is 0 Å². The van der Waals surface area contributed by atoms with Crippen molar-refractivity contribution < 1.29 is 9.90 Å². The highest BCUT2D eigenvalue weighted by atomic mass is 16.3. The summed E-state index contributed by atoms with van der Waals surface area (Å²) in [5.41, 5.74) is 0.978. The Balaban J connectivity index is 1.96. The van der Waals surface area contributed by atoms with Crippen molar-refractivity contribution in [2.45, 2.75) is 39.5 Å². The zero-order valence-electron chi connectivity index (χ0n) is 12.0. The smallest absolute Gasteiger partial charge is 0.227 e. The van der Waals surface area contributed by atoms with E-state index in [0.717, 1.165) is 25.9 Å². The number of benzene rings is 1. The van der Waals surface area contributed by atoms with Crippen LogP contribution in [-0.4, -0.2) is 29.0 Å². The van der Waals surface area contributed by atoms with Gasteiger partial charge in [0.15, 0.2) is 0 Å². The van der Waals surface area contributed by atoms with E-state index in [-0.39, 0.29) is 11.3 Å². The molecular weight excluding hydrogens is 238 g/mol. The van der Waals surface area contributed by atoms with Crippen LogP contribution in [0.4, 0.5) is 0 Å². The monoisotopic (exact) mass is 261 g/mol. The third kappa shape index (κ3) is 3.28. The minimum atomic E-state index is -0.286. The maximum atomic E-state index is 12.2. The average Bonchev–Trinajstić information content (AvgIpc) is 2.38. The number of phenolic OH excluding ortho intramolecular Hbond substituents is 1. The third-order valence-electron chi connectivity index (χ3n) is 3.79. The SMILES string of the molecule is CC(C)(C)C(=O)N1CCC(c2ccc(O)cc2)CC1. The lowest BCUT2D eigenvalue weighted by Crippen LogP contribution is -2.43. The summed E-state index contributed by atoms with van der Waals surface area (Å²) < 4.78 is 0. The highest BCUT2D eigenvalue weighted by molar-refractivity contribution is 5.81. The van der Waals surface area contributed by atoms with Crippen molar-refractivity contribution in [3.63, 3.8) is 0 Å². The maximum Gasteiger partial charge on any atom is 0.227 e. The molecule has 0 aromatic heterocycles.